The molecular weight excluding hydrogens is 435 g/mol. The van der Waals surface area contributed by atoms with Crippen molar-refractivity contribution < 1.29 is 41.2 Å². The third kappa shape index (κ3) is 7.40. The van der Waals surface area contributed by atoms with E-state index in [1.165, 1.54) is 11.3 Å². The van der Waals surface area contributed by atoms with Gasteiger partial charge < -0.3 is 14.8 Å². The van der Waals surface area contributed by atoms with E-state index >= 15 is 0 Å². The van der Waals surface area contributed by atoms with Crippen LogP contribution in [0.25, 0.3) is 0 Å². The number of ether oxygens (including phenoxy) is 1. The van der Waals surface area contributed by atoms with E-state index in [-0.39, 0.29) is 24.6 Å². The summed E-state index contributed by atoms with van der Waals surface area (Å²) in [7, 11) is -2.19. The Morgan fingerprint density at radius 3 is 2.39 bits per heavy atom. The number of alkyl halides is 6. The predicted molar refractivity (Wildman–Crippen MR) is 93.6 cm³/mol. The first-order chi connectivity index (χ1) is 12.9. The molecule has 0 bridgehead atoms. The number of hydrogen-bond donors (Lipinski definition) is 3. The van der Waals surface area contributed by atoms with Crippen molar-refractivity contribution in [3.05, 3.63) is 40.9 Å². The Kier molecular flexibility index (Phi) is 9.49. The Balaban J connectivity index is 3.04. The lowest BCUT2D eigenvalue weighted by atomic mass is 10.0. The Morgan fingerprint density at radius 1 is 1.25 bits per heavy atom. The third-order valence-corrected chi connectivity index (χ3v) is 5.09. The van der Waals surface area contributed by atoms with Gasteiger partial charge in [-0.25, -0.2) is 0 Å². The molecule has 2 atom stereocenters. The SMILES string of the molecule is C=CCCc1ccc(OCC(CCP(O)NO)C(F)(F)F)c(Cl)c1C(F)(F)F. The number of benzene rings is 1. The Hall–Kier alpha value is -1.06. The van der Waals surface area contributed by atoms with Crippen molar-refractivity contribution in [1.29, 1.82) is 0 Å². The first kappa shape index (κ1) is 25.0. The minimum Gasteiger partial charge on any atom is -0.491 e. The molecular formula is C16H19ClF6NO3P. The van der Waals surface area contributed by atoms with Crippen molar-refractivity contribution in [3.8, 4) is 5.75 Å². The highest BCUT2D eigenvalue weighted by atomic mass is 35.5. The van der Waals surface area contributed by atoms with Crippen molar-refractivity contribution in [2.45, 2.75) is 31.6 Å². The maximum Gasteiger partial charge on any atom is 0.418 e. The zero-order valence-electron chi connectivity index (χ0n) is 14.4. The van der Waals surface area contributed by atoms with Crippen molar-refractivity contribution in [1.82, 2.24) is 5.25 Å². The number of halogens is 7. The van der Waals surface area contributed by atoms with Crippen molar-refractivity contribution >= 4 is 19.9 Å². The van der Waals surface area contributed by atoms with Crippen LogP contribution in [0.5, 0.6) is 5.75 Å². The van der Waals surface area contributed by atoms with Gasteiger partial charge in [-0.05, 0) is 30.9 Å². The molecule has 0 aliphatic carbocycles. The molecule has 0 aromatic heterocycles. The zero-order valence-corrected chi connectivity index (χ0v) is 16.1. The topological polar surface area (TPSA) is 61.7 Å². The fraction of sp³-hybridized carbons (Fsp3) is 0.500. The standard InChI is InChI=1S/C16H19ClF6NO3P/c1-2-3-4-10-5-6-12(14(17)13(10)16(21,22)23)27-9-11(15(18,19)20)7-8-28(26)24-25/h2,5-6,11,24-26H,1,3-4,7-9H2. The summed E-state index contributed by atoms with van der Waals surface area (Å²) >= 11 is 5.79. The van der Waals surface area contributed by atoms with Crippen LogP contribution in [0.3, 0.4) is 0 Å². The van der Waals surface area contributed by atoms with Crippen molar-refractivity contribution in [2.75, 3.05) is 12.8 Å². The van der Waals surface area contributed by atoms with E-state index in [0.717, 1.165) is 12.1 Å². The lowest BCUT2D eigenvalue weighted by Gasteiger charge is -2.23. The number of aryl methyl sites for hydroxylation is 1. The van der Waals surface area contributed by atoms with Gasteiger partial charge in [0.15, 0.2) is 0 Å². The van der Waals surface area contributed by atoms with Crippen LogP contribution in [0, 0.1) is 5.92 Å². The second-order valence-electron chi connectivity index (χ2n) is 5.80. The summed E-state index contributed by atoms with van der Waals surface area (Å²) in [5.74, 6) is -2.58. The van der Waals surface area contributed by atoms with Crippen LogP contribution >= 0.6 is 19.9 Å². The lowest BCUT2D eigenvalue weighted by Crippen LogP contribution is -2.30. The van der Waals surface area contributed by atoms with Gasteiger partial charge in [0.25, 0.3) is 0 Å². The molecule has 0 saturated heterocycles. The van der Waals surface area contributed by atoms with Crippen LogP contribution in [0.15, 0.2) is 24.8 Å². The second-order valence-corrected chi connectivity index (χ2v) is 7.62. The number of rotatable bonds is 10. The van der Waals surface area contributed by atoms with Gasteiger partial charge in [-0.1, -0.05) is 23.7 Å². The van der Waals surface area contributed by atoms with Gasteiger partial charge in [0.05, 0.1) is 23.1 Å². The first-order valence-electron chi connectivity index (χ1n) is 7.97. The smallest absolute Gasteiger partial charge is 0.418 e. The molecule has 28 heavy (non-hydrogen) atoms. The zero-order chi connectivity index (χ0) is 21.5. The van der Waals surface area contributed by atoms with Crippen molar-refractivity contribution in [2.24, 2.45) is 5.92 Å². The fourth-order valence-electron chi connectivity index (χ4n) is 2.34. The number of nitrogens with one attached hydrogen (secondary N) is 1. The van der Waals surface area contributed by atoms with Crippen molar-refractivity contribution in [3.63, 3.8) is 0 Å². The largest absolute Gasteiger partial charge is 0.491 e. The van der Waals surface area contributed by atoms with Gasteiger partial charge in [-0.15, -0.1) is 6.58 Å². The van der Waals surface area contributed by atoms with Gasteiger partial charge in [-0.3, -0.25) is 0 Å². The highest BCUT2D eigenvalue weighted by Crippen LogP contribution is 2.43. The van der Waals surface area contributed by atoms with Gasteiger partial charge in [-0.2, -0.15) is 31.6 Å². The summed E-state index contributed by atoms with van der Waals surface area (Å²) in [5.41, 5.74) is -1.27. The minimum atomic E-state index is -4.81. The average molecular weight is 454 g/mol. The molecule has 0 heterocycles. The number of hydrogen-bond acceptors (Lipinski definition) is 4. The van der Waals surface area contributed by atoms with Crippen LogP contribution in [0.4, 0.5) is 26.3 Å². The van der Waals surface area contributed by atoms with Gasteiger partial charge in [0.1, 0.15) is 14.0 Å². The molecule has 4 nitrogen and oxygen atoms in total. The molecule has 0 aliphatic heterocycles. The summed E-state index contributed by atoms with van der Waals surface area (Å²) in [6.45, 7) is 2.45. The predicted octanol–water partition coefficient (Wildman–Crippen LogP) is 5.71. The molecule has 12 heteroatoms. The monoisotopic (exact) mass is 453 g/mol. The molecule has 1 aromatic carbocycles. The van der Waals surface area contributed by atoms with E-state index in [0.29, 0.717) is 0 Å². The lowest BCUT2D eigenvalue weighted by molar-refractivity contribution is -0.182. The summed E-state index contributed by atoms with van der Waals surface area (Å²) < 4.78 is 84.3. The maximum absolute atomic E-state index is 13.4. The van der Waals surface area contributed by atoms with E-state index < -0.39 is 55.9 Å². The van der Waals surface area contributed by atoms with E-state index in [9.17, 15) is 31.2 Å². The molecule has 0 aliphatic rings. The molecule has 0 saturated carbocycles. The maximum atomic E-state index is 13.4. The highest BCUT2D eigenvalue weighted by Gasteiger charge is 2.41. The summed E-state index contributed by atoms with van der Waals surface area (Å²) in [6.07, 6.45) is -8.80. The Morgan fingerprint density at radius 2 is 1.89 bits per heavy atom. The van der Waals surface area contributed by atoms with E-state index in [1.807, 2.05) is 0 Å². The van der Waals surface area contributed by atoms with E-state index in [4.69, 9.17) is 21.5 Å². The second kappa shape index (κ2) is 10.6. The molecule has 0 amide bonds. The van der Waals surface area contributed by atoms with E-state index in [2.05, 4.69) is 6.58 Å². The van der Waals surface area contributed by atoms with Gasteiger partial charge >= 0.3 is 12.4 Å². The summed E-state index contributed by atoms with van der Waals surface area (Å²) in [6, 6.07) is 2.20. The molecule has 0 spiro atoms. The summed E-state index contributed by atoms with van der Waals surface area (Å²) in [5, 5.41) is 9.13. The average Bonchev–Trinajstić information content (AvgIpc) is 2.58. The van der Waals surface area contributed by atoms with E-state index in [1.54, 1.807) is 0 Å². The molecule has 2 unspecified atom stereocenters. The normalized spacial score (nSPS) is 14.6. The highest BCUT2D eigenvalue weighted by molar-refractivity contribution is 7.49. The third-order valence-electron chi connectivity index (χ3n) is 3.80. The quantitative estimate of drug-likeness (QED) is 0.184. The molecule has 160 valence electrons. The van der Waals surface area contributed by atoms with Crippen LogP contribution < -0.4 is 9.99 Å². The fourth-order valence-corrected chi connectivity index (χ4v) is 3.34. The van der Waals surface area contributed by atoms with Gasteiger partial charge in [0, 0.05) is 6.16 Å². The summed E-state index contributed by atoms with van der Waals surface area (Å²) in [4.78, 5) is 9.17. The number of allylic oxidation sites excluding steroid dienone is 1. The molecule has 0 fully saturated rings. The molecule has 3 N–H and O–H groups in total. The minimum absolute atomic E-state index is 0.0116. The molecule has 1 aromatic rings. The Labute approximate surface area is 164 Å². The Bertz CT molecular complexity index is 656. The van der Waals surface area contributed by atoms with Gasteiger partial charge in [0.2, 0.25) is 0 Å². The molecule has 0 radical (unpaired) electrons. The van der Waals surface area contributed by atoms with Crippen LogP contribution in [0.2, 0.25) is 5.02 Å². The van der Waals surface area contributed by atoms with Crippen LogP contribution in [-0.4, -0.2) is 29.0 Å². The van der Waals surface area contributed by atoms with Crippen LogP contribution in [-0.2, 0) is 12.6 Å². The molecule has 1 rings (SSSR count). The first-order valence-corrected chi connectivity index (χ1v) is 9.82. The van der Waals surface area contributed by atoms with Crippen LogP contribution in [0.1, 0.15) is 24.0 Å².